The Morgan fingerprint density at radius 2 is 1.79 bits per heavy atom. The highest BCUT2D eigenvalue weighted by atomic mass is 16.6. The number of rotatable bonds is 8. The summed E-state index contributed by atoms with van der Waals surface area (Å²) in [5.74, 6) is 1.80. The van der Waals surface area contributed by atoms with E-state index in [4.69, 9.17) is 9.47 Å². The van der Waals surface area contributed by atoms with Crippen LogP contribution in [0.2, 0.25) is 0 Å². The highest BCUT2D eigenvalue weighted by molar-refractivity contribution is 5.43. The van der Waals surface area contributed by atoms with Crippen molar-refractivity contribution in [2.75, 3.05) is 26.3 Å². The molecule has 2 rings (SSSR count). The molecule has 1 aliphatic rings. The van der Waals surface area contributed by atoms with E-state index in [1.807, 2.05) is 6.07 Å². The molecule has 0 saturated heterocycles. The van der Waals surface area contributed by atoms with Crippen molar-refractivity contribution in [2.45, 2.75) is 39.0 Å². The molecule has 1 N–H and O–H groups in total. The summed E-state index contributed by atoms with van der Waals surface area (Å²) in [6, 6.07) is 6.33. The van der Waals surface area contributed by atoms with Crippen LogP contribution < -0.4 is 14.8 Å². The van der Waals surface area contributed by atoms with E-state index in [-0.39, 0.29) is 0 Å². The Hall–Kier alpha value is -1.22. The number of unbranched alkanes of at least 4 members (excludes halogenated alkanes) is 3. The summed E-state index contributed by atoms with van der Waals surface area (Å²) >= 11 is 0. The number of nitrogens with one attached hydrogen (secondary N) is 1. The molecule has 0 aromatic heterocycles. The quantitative estimate of drug-likeness (QED) is 0.731. The van der Waals surface area contributed by atoms with Gasteiger partial charge in [-0.05, 0) is 50.0 Å². The fourth-order valence-corrected chi connectivity index (χ4v) is 2.35. The van der Waals surface area contributed by atoms with Crippen LogP contribution in [0.3, 0.4) is 0 Å². The number of aryl methyl sites for hydroxylation is 1. The highest BCUT2D eigenvalue weighted by Crippen LogP contribution is 2.31. The summed E-state index contributed by atoms with van der Waals surface area (Å²) in [7, 11) is 0. The molecule has 0 unspecified atom stereocenters. The monoisotopic (exact) mass is 263 g/mol. The Morgan fingerprint density at radius 3 is 2.63 bits per heavy atom. The Labute approximate surface area is 116 Å². The third-order valence-electron chi connectivity index (χ3n) is 3.43. The van der Waals surface area contributed by atoms with E-state index in [2.05, 4.69) is 24.4 Å². The smallest absolute Gasteiger partial charge is 0.161 e. The zero-order chi connectivity index (χ0) is 13.3. The van der Waals surface area contributed by atoms with Crippen LogP contribution in [0.25, 0.3) is 0 Å². The van der Waals surface area contributed by atoms with Crippen molar-refractivity contribution in [3.8, 4) is 11.5 Å². The van der Waals surface area contributed by atoms with Crippen LogP contribution in [0, 0.1) is 0 Å². The van der Waals surface area contributed by atoms with Crippen molar-refractivity contribution < 1.29 is 9.47 Å². The summed E-state index contributed by atoms with van der Waals surface area (Å²) in [4.78, 5) is 0. The topological polar surface area (TPSA) is 30.5 Å². The first-order chi connectivity index (χ1) is 9.40. The van der Waals surface area contributed by atoms with Gasteiger partial charge in [0.25, 0.3) is 0 Å². The first-order valence-corrected chi connectivity index (χ1v) is 7.49. The normalized spacial score (nSPS) is 13.5. The maximum Gasteiger partial charge on any atom is 0.161 e. The van der Waals surface area contributed by atoms with E-state index in [1.165, 1.54) is 31.2 Å². The molecule has 0 saturated carbocycles. The van der Waals surface area contributed by atoms with Crippen molar-refractivity contribution >= 4 is 0 Å². The molecule has 3 heteroatoms. The van der Waals surface area contributed by atoms with Crippen LogP contribution >= 0.6 is 0 Å². The fraction of sp³-hybridized carbons (Fsp3) is 0.625. The lowest BCUT2D eigenvalue weighted by Crippen LogP contribution is -2.15. The largest absolute Gasteiger partial charge is 0.486 e. The summed E-state index contributed by atoms with van der Waals surface area (Å²) < 4.78 is 11.1. The number of ether oxygens (including phenoxy) is 2. The molecule has 0 spiro atoms. The molecule has 3 nitrogen and oxygen atoms in total. The number of hydrogen-bond donors (Lipinski definition) is 1. The van der Waals surface area contributed by atoms with Crippen LogP contribution in [-0.2, 0) is 6.42 Å². The van der Waals surface area contributed by atoms with Crippen molar-refractivity contribution in [3.63, 3.8) is 0 Å². The number of benzene rings is 1. The molecule has 19 heavy (non-hydrogen) atoms. The molecule has 0 amide bonds. The van der Waals surface area contributed by atoms with Crippen LogP contribution in [-0.4, -0.2) is 26.3 Å². The molecule has 0 radical (unpaired) electrons. The molecule has 1 heterocycles. The molecule has 0 aliphatic carbocycles. The van der Waals surface area contributed by atoms with E-state index in [1.54, 1.807) is 0 Å². The third-order valence-corrected chi connectivity index (χ3v) is 3.43. The van der Waals surface area contributed by atoms with Gasteiger partial charge in [0.1, 0.15) is 13.2 Å². The van der Waals surface area contributed by atoms with Gasteiger partial charge in [0.2, 0.25) is 0 Å². The van der Waals surface area contributed by atoms with Crippen LogP contribution in [0.15, 0.2) is 18.2 Å². The summed E-state index contributed by atoms with van der Waals surface area (Å²) in [5, 5.41) is 3.36. The molecule has 0 fully saturated rings. The predicted molar refractivity (Wildman–Crippen MR) is 78.1 cm³/mol. The van der Waals surface area contributed by atoms with Crippen LogP contribution in [0.1, 0.15) is 38.2 Å². The number of fused-ring (bicyclic) bond motifs is 1. The Bertz CT molecular complexity index is 379. The lowest BCUT2D eigenvalue weighted by molar-refractivity contribution is 0.171. The number of hydrogen-bond acceptors (Lipinski definition) is 3. The highest BCUT2D eigenvalue weighted by Gasteiger charge is 2.11. The molecular weight excluding hydrogens is 238 g/mol. The van der Waals surface area contributed by atoms with Crippen molar-refractivity contribution in [2.24, 2.45) is 0 Å². The minimum Gasteiger partial charge on any atom is -0.486 e. The van der Waals surface area contributed by atoms with E-state index >= 15 is 0 Å². The average molecular weight is 263 g/mol. The Morgan fingerprint density at radius 1 is 1.00 bits per heavy atom. The van der Waals surface area contributed by atoms with E-state index in [0.717, 1.165) is 31.0 Å². The van der Waals surface area contributed by atoms with E-state index in [0.29, 0.717) is 13.2 Å². The first-order valence-electron chi connectivity index (χ1n) is 7.49. The first kappa shape index (κ1) is 14.2. The SMILES string of the molecule is CCNCCCCCCc1ccc2c(c1)OCCO2. The molecule has 106 valence electrons. The van der Waals surface area contributed by atoms with Gasteiger partial charge in [0.15, 0.2) is 11.5 Å². The minimum absolute atomic E-state index is 0.665. The van der Waals surface area contributed by atoms with Crippen LogP contribution in [0.5, 0.6) is 11.5 Å². The van der Waals surface area contributed by atoms with Crippen LogP contribution in [0.4, 0.5) is 0 Å². The second-order valence-corrected chi connectivity index (χ2v) is 5.00. The summed E-state index contributed by atoms with van der Waals surface area (Å²) in [5.41, 5.74) is 1.36. The predicted octanol–water partition coefficient (Wildman–Crippen LogP) is 3.17. The van der Waals surface area contributed by atoms with Gasteiger partial charge in [-0.15, -0.1) is 0 Å². The summed E-state index contributed by atoms with van der Waals surface area (Å²) in [6.07, 6.45) is 6.30. The van der Waals surface area contributed by atoms with Gasteiger partial charge in [-0.25, -0.2) is 0 Å². The van der Waals surface area contributed by atoms with Gasteiger partial charge in [-0.3, -0.25) is 0 Å². The molecule has 1 aliphatic heterocycles. The van der Waals surface area contributed by atoms with E-state index in [9.17, 15) is 0 Å². The fourth-order valence-electron chi connectivity index (χ4n) is 2.35. The zero-order valence-corrected chi connectivity index (χ0v) is 11.9. The molecule has 1 aromatic rings. The standard InChI is InChI=1S/C16H25NO2/c1-2-17-10-6-4-3-5-7-14-8-9-15-16(13-14)19-12-11-18-15/h8-9,13,17H,2-7,10-12H2,1H3. The molecule has 0 bridgehead atoms. The Kier molecular flexibility index (Phi) is 6.02. The van der Waals surface area contributed by atoms with Crippen molar-refractivity contribution in [1.29, 1.82) is 0 Å². The van der Waals surface area contributed by atoms with Gasteiger partial charge >= 0.3 is 0 Å². The maximum atomic E-state index is 5.60. The van der Waals surface area contributed by atoms with Gasteiger partial charge in [-0.1, -0.05) is 25.8 Å². The van der Waals surface area contributed by atoms with Gasteiger partial charge in [0, 0.05) is 0 Å². The van der Waals surface area contributed by atoms with Crippen molar-refractivity contribution in [3.05, 3.63) is 23.8 Å². The maximum absolute atomic E-state index is 5.60. The second kappa shape index (κ2) is 8.05. The van der Waals surface area contributed by atoms with Crippen molar-refractivity contribution in [1.82, 2.24) is 5.32 Å². The third kappa shape index (κ3) is 4.75. The van der Waals surface area contributed by atoms with Gasteiger partial charge in [0.05, 0.1) is 0 Å². The lowest BCUT2D eigenvalue weighted by Gasteiger charge is -2.18. The lowest BCUT2D eigenvalue weighted by atomic mass is 10.1. The molecular formula is C16H25NO2. The van der Waals surface area contributed by atoms with Gasteiger partial charge in [-0.2, -0.15) is 0 Å². The zero-order valence-electron chi connectivity index (χ0n) is 11.9. The summed E-state index contributed by atoms with van der Waals surface area (Å²) in [6.45, 7) is 5.72. The minimum atomic E-state index is 0.665. The second-order valence-electron chi connectivity index (χ2n) is 5.00. The van der Waals surface area contributed by atoms with Gasteiger partial charge < -0.3 is 14.8 Å². The molecule has 1 aromatic carbocycles. The van der Waals surface area contributed by atoms with E-state index < -0.39 is 0 Å². The molecule has 0 atom stereocenters. The Balaban J connectivity index is 1.66. The average Bonchev–Trinajstić information content (AvgIpc) is 2.46.